The molecule has 1 saturated heterocycles. The summed E-state index contributed by atoms with van der Waals surface area (Å²) < 4.78 is 5.96. The van der Waals surface area contributed by atoms with Crippen LogP contribution in [0.2, 0.25) is 4.34 Å². The minimum atomic E-state index is -0.0364. The van der Waals surface area contributed by atoms with Crippen molar-refractivity contribution in [2.24, 2.45) is 5.92 Å². The number of halogens is 1. The maximum absolute atomic E-state index is 11.9. The molecule has 1 unspecified atom stereocenters. The molecular formula is C13H19ClN2O2S. The highest BCUT2D eigenvalue weighted by atomic mass is 35.5. The lowest BCUT2D eigenvalue weighted by atomic mass is 10.1. The molecule has 4 nitrogen and oxygen atoms in total. The summed E-state index contributed by atoms with van der Waals surface area (Å²) in [6.07, 6.45) is 0. The third-order valence-corrected chi connectivity index (χ3v) is 4.31. The van der Waals surface area contributed by atoms with Crippen LogP contribution in [0.25, 0.3) is 0 Å². The first-order chi connectivity index (χ1) is 9.15. The van der Waals surface area contributed by atoms with E-state index >= 15 is 0 Å². The minimum Gasteiger partial charge on any atom is -0.379 e. The van der Waals surface area contributed by atoms with Gasteiger partial charge in [-0.3, -0.25) is 9.69 Å². The van der Waals surface area contributed by atoms with Crippen molar-refractivity contribution in [1.82, 2.24) is 10.2 Å². The van der Waals surface area contributed by atoms with Gasteiger partial charge in [0.2, 0.25) is 0 Å². The largest absolute Gasteiger partial charge is 0.379 e. The van der Waals surface area contributed by atoms with Crippen LogP contribution in [0, 0.1) is 5.92 Å². The van der Waals surface area contributed by atoms with Gasteiger partial charge in [-0.1, -0.05) is 18.5 Å². The Morgan fingerprint density at radius 1 is 1.53 bits per heavy atom. The van der Waals surface area contributed by atoms with E-state index in [0.29, 0.717) is 21.7 Å². The molecule has 6 heteroatoms. The molecule has 106 valence electrons. The van der Waals surface area contributed by atoms with Crippen molar-refractivity contribution in [3.05, 3.63) is 21.3 Å². The number of ether oxygens (including phenoxy) is 1. The van der Waals surface area contributed by atoms with Crippen molar-refractivity contribution in [2.75, 3.05) is 39.4 Å². The van der Waals surface area contributed by atoms with E-state index < -0.39 is 0 Å². The molecule has 0 aliphatic carbocycles. The number of hydrogen-bond donors (Lipinski definition) is 1. The lowest BCUT2D eigenvalue weighted by Crippen LogP contribution is -2.41. The summed E-state index contributed by atoms with van der Waals surface area (Å²) in [5, 5.41) is 2.96. The first-order valence-electron chi connectivity index (χ1n) is 6.49. The van der Waals surface area contributed by atoms with Crippen molar-refractivity contribution >= 4 is 28.8 Å². The molecule has 0 aromatic carbocycles. The highest BCUT2D eigenvalue weighted by Crippen LogP contribution is 2.21. The zero-order chi connectivity index (χ0) is 13.7. The van der Waals surface area contributed by atoms with Gasteiger partial charge < -0.3 is 10.1 Å². The second-order valence-corrected chi connectivity index (χ2v) is 6.55. The van der Waals surface area contributed by atoms with Gasteiger partial charge in [-0.15, -0.1) is 11.3 Å². The lowest BCUT2D eigenvalue weighted by Gasteiger charge is -2.29. The molecule has 1 atom stereocenters. The molecule has 1 fully saturated rings. The van der Waals surface area contributed by atoms with Gasteiger partial charge in [0, 0.05) is 26.2 Å². The van der Waals surface area contributed by atoms with E-state index in [2.05, 4.69) is 17.1 Å². The van der Waals surface area contributed by atoms with E-state index in [9.17, 15) is 4.79 Å². The topological polar surface area (TPSA) is 41.6 Å². The van der Waals surface area contributed by atoms with Crippen molar-refractivity contribution in [2.45, 2.75) is 6.92 Å². The summed E-state index contributed by atoms with van der Waals surface area (Å²) in [5.41, 5.74) is 0. The Balaban J connectivity index is 1.70. The van der Waals surface area contributed by atoms with Gasteiger partial charge in [-0.05, 0) is 18.1 Å². The average molecular weight is 303 g/mol. The monoisotopic (exact) mass is 302 g/mol. The van der Waals surface area contributed by atoms with Crippen LogP contribution in [-0.2, 0) is 4.74 Å². The van der Waals surface area contributed by atoms with Crippen molar-refractivity contribution in [3.8, 4) is 0 Å². The Labute approximate surface area is 122 Å². The molecule has 1 aliphatic heterocycles. The molecule has 0 bridgehead atoms. The van der Waals surface area contributed by atoms with Crippen LogP contribution in [0.3, 0.4) is 0 Å². The first kappa shape index (κ1) is 14.8. The minimum absolute atomic E-state index is 0.0364. The van der Waals surface area contributed by atoms with E-state index in [1.165, 1.54) is 11.3 Å². The molecule has 1 amide bonds. The van der Waals surface area contributed by atoms with Gasteiger partial charge in [-0.25, -0.2) is 0 Å². The smallest absolute Gasteiger partial charge is 0.261 e. The van der Waals surface area contributed by atoms with Gasteiger partial charge in [0.25, 0.3) is 5.91 Å². The quantitative estimate of drug-likeness (QED) is 0.906. The van der Waals surface area contributed by atoms with Gasteiger partial charge in [0.15, 0.2) is 0 Å². The van der Waals surface area contributed by atoms with E-state index in [0.717, 1.165) is 32.8 Å². The standard InChI is InChI=1S/C13H19ClN2O2S/c1-10(9-16-4-6-18-7-5-16)8-15-13(17)11-2-3-12(14)19-11/h2-3,10H,4-9H2,1H3,(H,15,17). The SMILES string of the molecule is CC(CNC(=O)c1ccc(Cl)s1)CN1CCOCC1. The number of morpholine rings is 1. The molecule has 1 aromatic heterocycles. The molecule has 0 radical (unpaired) electrons. The molecular weight excluding hydrogens is 284 g/mol. The fraction of sp³-hybridized carbons (Fsp3) is 0.615. The molecule has 0 spiro atoms. The maximum Gasteiger partial charge on any atom is 0.261 e. The van der Waals surface area contributed by atoms with Crippen LogP contribution in [0.1, 0.15) is 16.6 Å². The Morgan fingerprint density at radius 3 is 2.89 bits per heavy atom. The number of nitrogens with one attached hydrogen (secondary N) is 1. The number of thiophene rings is 1. The van der Waals surface area contributed by atoms with Crippen molar-refractivity contribution < 1.29 is 9.53 Å². The number of amides is 1. The Hall–Kier alpha value is -0.620. The fourth-order valence-electron chi connectivity index (χ4n) is 2.08. The maximum atomic E-state index is 11.9. The lowest BCUT2D eigenvalue weighted by molar-refractivity contribution is 0.0317. The molecule has 1 N–H and O–H groups in total. The first-order valence-corrected chi connectivity index (χ1v) is 7.68. The summed E-state index contributed by atoms with van der Waals surface area (Å²) in [7, 11) is 0. The van der Waals surface area contributed by atoms with Crippen molar-refractivity contribution in [3.63, 3.8) is 0 Å². The van der Waals surface area contributed by atoms with E-state index in [4.69, 9.17) is 16.3 Å². The Kier molecular flexibility index (Phi) is 5.63. The number of hydrogen-bond acceptors (Lipinski definition) is 4. The fourth-order valence-corrected chi connectivity index (χ4v) is 3.04. The summed E-state index contributed by atoms with van der Waals surface area (Å²) in [6.45, 7) is 7.43. The van der Waals surface area contributed by atoms with E-state index in [-0.39, 0.29) is 5.91 Å². The van der Waals surface area contributed by atoms with Crippen LogP contribution < -0.4 is 5.32 Å². The highest BCUT2D eigenvalue weighted by molar-refractivity contribution is 7.17. The molecule has 1 aliphatic rings. The zero-order valence-corrected chi connectivity index (χ0v) is 12.6. The third-order valence-electron chi connectivity index (χ3n) is 3.08. The third kappa shape index (κ3) is 4.76. The number of carbonyl (C=O) groups is 1. The predicted octanol–water partition coefficient (Wildman–Crippen LogP) is 2.10. The van der Waals surface area contributed by atoms with Gasteiger partial charge >= 0.3 is 0 Å². The summed E-state index contributed by atoms with van der Waals surface area (Å²) in [5.74, 6) is 0.392. The van der Waals surface area contributed by atoms with Crippen LogP contribution >= 0.6 is 22.9 Å². The highest BCUT2D eigenvalue weighted by Gasteiger charge is 2.15. The molecule has 1 aromatic rings. The Morgan fingerprint density at radius 2 is 2.26 bits per heavy atom. The van der Waals surface area contributed by atoms with Gasteiger partial charge in [0.1, 0.15) is 0 Å². The normalized spacial score (nSPS) is 18.2. The summed E-state index contributed by atoms with van der Waals surface area (Å²) >= 11 is 7.13. The summed E-state index contributed by atoms with van der Waals surface area (Å²) in [4.78, 5) is 14.9. The van der Waals surface area contributed by atoms with Gasteiger partial charge in [0.05, 0.1) is 22.4 Å². The zero-order valence-electron chi connectivity index (χ0n) is 11.0. The molecule has 19 heavy (non-hydrogen) atoms. The number of rotatable bonds is 5. The van der Waals surface area contributed by atoms with Crippen LogP contribution in [0.5, 0.6) is 0 Å². The number of carbonyl (C=O) groups excluding carboxylic acids is 1. The molecule has 0 saturated carbocycles. The second kappa shape index (κ2) is 7.24. The molecule has 2 heterocycles. The second-order valence-electron chi connectivity index (χ2n) is 4.83. The average Bonchev–Trinajstić information content (AvgIpc) is 2.84. The van der Waals surface area contributed by atoms with Crippen LogP contribution in [-0.4, -0.2) is 50.2 Å². The van der Waals surface area contributed by atoms with E-state index in [1.807, 2.05) is 0 Å². The predicted molar refractivity (Wildman–Crippen MR) is 78.1 cm³/mol. The van der Waals surface area contributed by atoms with Crippen LogP contribution in [0.4, 0.5) is 0 Å². The van der Waals surface area contributed by atoms with Crippen LogP contribution in [0.15, 0.2) is 12.1 Å². The van der Waals surface area contributed by atoms with E-state index in [1.54, 1.807) is 12.1 Å². The Bertz CT molecular complexity index is 419. The van der Waals surface area contributed by atoms with Gasteiger partial charge in [-0.2, -0.15) is 0 Å². The van der Waals surface area contributed by atoms with Crippen molar-refractivity contribution in [1.29, 1.82) is 0 Å². The number of nitrogens with zero attached hydrogens (tertiary/aromatic N) is 1. The molecule has 2 rings (SSSR count). The summed E-state index contributed by atoms with van der Waals surface area (Å²) in [6, 6.07) is 3.51.